The highest BCUT2D eigenvalue weighted by atomic mass is 15.1. The molecular weight excluding hydrogens is 320 g/mol. The fourth-order valence-electron chi connectivity index (χ4n) is 4.51. The van der Waals surface area contributed by atoms with Crippen molar-refractivity contribution in [3.8, 4) is 0 Å². The van der Waals surface area contributed by atoms with E-state index in [1.54, 1.807) is 0 Å². The Morgan fingerprint density at radius 3 is 2.54 bits per heavy atom. The standard InChI is InChI=1S/C22H30N4/c1-25-13-5-7-18(15-25)22-11-4-9-20(24-22)17-26-14-6-8-19(16-26)21-10-2-3-12-23-21/h2-4,9-12,18-19H,5-8,13-17H2,1H3/t18-,19?/m1/s1. The highest BCUT2D eigenvalue weighted by molar-refractivity contribution is 5.17. The molecule has 0 aliphatic carbocycles. The van der Waals surface area contributed by atoms with Crippen molar-refractivity contribution in [1.82, 2.24) is 19.8 Å². The minimum atomic E-state index is 0.556. The van der Waals surface area contributed by atoms with Gasteiger partial charge in [0.05, 0.1) is 5.69 Å². The van der Waals surface area contributed by atoms with E-state index in [9.17, 15) is 0 Å². The molecule has 2 aliphatic rings. The summed E-state index contributed by atoms with van der Waals surface area (Å²) in [7, 11) is 2.22. The Bertz CT molecular complexity index is 702. The first-order valence-corrected chi connectivity index (χ1v) is 10.1. The Kier molecular flexibility index (Phi) is 5.61. The molecule has 0 radical (unpaired) electrons. The summed E-state index contributed by atoms with van der Waals surface area (Å²) >= 11 is 0. The molecule has 2 aromatic rings. The fourth-order valence-corrected chi connectivity index (χ4v) is 4.51. The molecule has 0 saturated carbocycles. The Labute approximate surface area is 157 Å². The number of hydrogen-bond donors (Lipinski definition) is 0. The van der Waals surface area contributed by atoms with Crippen LogP contribution < -0.4 is 0 Å². The van der Waals surface area contributed by atoms with E-state index in [0.717, 1.165) is 19.6 Å². The molecule has 0 amide bonds. The molecule has 2 fully saturated rings. The maximum absolute atomic E-state index is 5.04. The number of pyridine rings is 2. The number of piperidine rings is 2. The Hall–Kier alpha value is -1.78. The van der Waals surface area contributed by atoms with Gasteiger partial charge in [-0.05, 0) is 70.1 Å². The molecule has 2 aromatic heterocycles. The molecule has 0 N–H and O–H groups in total. The van der Waals surface area contributed by atoms with Crippen molar-refractivity contribution in [3.05, 3.63) is 59.7 Å². The van der Waals surface area contributed by atoms with Gasteiger partial charge in [-0.3, -0.25) is 14.9 Å². The highest BCUT2D eigenvalue weighted by Crippen LogP contribution is 2.27. The van der Waals surface area contributed by atoms with Gasteiger partial charge in [-0.15, -0.1) is 0 Å². The van der Waals surface area contributed by atoms with Crippen LogP contribution in [0, 0.1) is 0 Å². The predicted molar refractivity (Wildman–Crippen MR) is 105 cm³/mol. The van der Waals surface area contributed by atoms with E-state index in [-0.39, 0.29) is 0 Å². The SMILES string of the molecule is CN1CCC[C@@H](c2cccc(CN3CCCC(c4ccccn4)C3)n2)C1. The Morgan fingerprint density at radius 1 is 0.923 bits per heavy atom. The first-order chi connectivity index (χ1) is 12.8. The zero-order valence-corrected chi connectivity index (χ0v) is 15.8. The third kappa shape index (κ3) is 4.30. The fraction of sp³-hybridized carbons (Fsp3) is 0.545. The third-order valence-electron chi connectivity index (χ3n) is 5.87. The van der Waals surface area contributed by atoms with E-state index in [0.29, 0.717) is 11.8 Å². The molecule has 1 unspecified atom stereocenters. The van der Waals surface area contributed by atoms with Gasteiger partial charge in [0, 0.05) is 49.1 Å². The molecule has 2 aliphatic heterocycles. The van der Waals surface area contributed by atoms with E-state index < -0.39 is 0 Å². The van der Waals surface area contributed by atoms with Crippen LogP contribution in [0.1, 0.15) is 54.6 Å². The summed E-state index contributed by atoms with van der Waals surface area (Å²) in [4.78, 5) is 14.6. The summed E-state index contributed by atoms with van der Waals surface area (Å²) in [6, 6.07) is 12.9. The van der Waals surface area contributed by atoms with E-state index >= 15 is 0 Å². The summed E-state index contributed by atoms with van der Waals surface area (Å²) in [5.74, 6) is 1.15. The normalized spacial score (nSPS) is 25.3. The van der Waals surface area contributed by atoms with Gasteiger partial charge in [0.1, 0.15) is 0 Å². The minimum Gasteiger partial charge on any atom is -0.306 e. The number of rotatable bonds is 4. The average Bonchev–Trinajstić information content (AvgIpc) is 2.69. The second kappa shape index (κ2) is 8.28. The van der Waals surface area contributed by atoms with Gasteiger partial charge in [-0.2, -0.15) is 0 Å². The monoisotopic (exact) mass is 350 g/mol. The van der Waals surface area contributed by atoms with Crippen LogP contribution in [0.4, 0.5) is 0 Å². The van der Waals surface area contributed by atoms with Crippen LogP contribution in [0.15, 0.2) is 42.6 Å². The zero-order chi connectivity index (χ0) is 17.8. The van der Waals surface area contributed by atoms with Crippen molar-refractivity contribution < 1.29 is 0 Å². The van der Waals surface area contributed by atoms with Crippen molar-refractivity contribution in [2.75, 3.05) is 33.2 Å². The Morgan fingerprint density at radius 2 is 1.73 bits per heavy atom. The van der Waals surface area contributed by atoms with Crippen molar-refractivity contribution in [2.24, 2.45) is 0 Å². The molecule has 2 atom stereocenters. The smallest absolute Gasteiger partial charge is 0.0547 e. The van der Waals surface area contributed by atoms with Gasteiger partial charge >= 0.3 is 0 Å². The van der Waals surface area contributed by atoms with E-state index in [1.807, 2.05) is 12.3 Å². The highest BCUT2D eigenvalue weighted by Gasteiger charge is 2.23. The van der Waals surface area contributed by atoms with E-state index in [1.165, 1.54) is 55.9 Å². The van der Waals surface area contributed by atoms with Gasteiger partial charge in [0.15, 0.2) is 0 Å². The predicted octanol–water partition coefficient (Wildman–Crippen LogP) is 3.67. The van der Waals surface area contributed by atoms with Crippen LogP contribution in [-0.4, -0.2) is 53.0 Å². The summed E-state index contributed by atoms with van der Waals surface area (Å²) in [5, 5.41) is 0. The lowest BCUT2D eigenvalue weighted by Gasteiger charge is -2.32. The van der Waals surface area contributed by atoms with E-state index in [2.05, 4.69) is 52.2 Å². The minimum absolute atomic E-state index is 0.556. The maximum Gasteiger partial charge on any atom is 0.0547 e. The third-order valence-corrected chi connectivity index (χ3v) is 5.87. The van der Waals surface area contributed by atoms with Crippen molar-refractivity contribution in [1.29, 1.82) is 0 Å². The molecular formula is C22H30N4. The average molecular weight is 351 g/mol. The molecule has 0 spiro atoms. The number of hydrogen-bond acceptors (Lipinski definition) is 4. The molecule has 26 heavy (non-hydrogen) atoms. The molecule has 4 heteroatoms. The van der Waals surface area contributed by atoms with Crippen LogP contribution in [0.5, 0.6) is 0 Å². The van der Waals surface area contributed by atoms with Crippen molar-refractivity contribution in [3.63, 3.8) is 0 Å². The number of aromatic nitrogens is 2. The summed E-state index contributed by atoms with van der Waals surface area (Å²) < 4.78 is 0. The second-order valence-electron chi connectivity index (χ2n) is 7.98. The maximum atomic E-state index is 5.04. The van der Waals surface area contributed by atoms with Crippen molar-refractivity contribution >= 4 is 0 Å². The number of likely N-dealkylation sites (N-methyl/N-ethyl adjacent to an activating group) is 1. The second-order valence-corrected chi connectivity index (χ2v) is 7.98. The van der Waals surface area contributed by atoms with Gasteiger partial charge in [0.2, 0.25) is 0 Å². The first kappa shape index (κ1) is 17.6. The first-order valence-electron chi connectivity index (χ1n) is 10.1. The Balaban J connectivity index is 1.41. The summed E-state index contributed by atoms with van der Waals surface area (Å²) in [6.45, 7) is 5.58. The molecule has 4 nitrogen and oxygen atoms in total. The lowest BCUT2D eigenvalue weighted by Crippen LogP contribution is -2.34. The van der Waals surface area contributed by atoms with E-state index in [4.69, 9.17) is 4.98 Å². The number of likely N-dealkylation sites (tertiary alicyclic amines) is 2. The van der Waals surface area contributed by atoms with Crippen molar-refractivity contribution in [2.45, 2.75) is 44.1 Å². The van der Waals surface area contributed by atoms with Crippen LogP contribution in [0.25, 0.3) is 0 Å². The number of nitrogens with zero attached hydrogens (tertiary/aromatic N) is 4. The quantitative estimate of drug-likeness (QED) is 0.842. The topological polar surface area (TPSA) is 32.3 Å². The molecule has 2 saturated heterocycles. The lowest BCUT2D eigenvalue weighted by atomic mass is 9.93. The van der Waals surface area contributed by atoms with Crippen LogP contribution >= 0.6 is 0 Å². The summed E-state index contributed by atoms with van der Waals surface area (Å²) in [5.41, 5.74) is 3.74. The van der Waals surface area contributed by atoms with Crippen LogP contribution in [0.2, 0.25) is 0 Å². The molecule has 0 aromatic carbocycles. The largest absolute Gasteiger partial charge is 0.306 e. The van der Waals surface area contributed by atoms with Crippen LogP contribution in [-0.2, 0) is 6.54 Å². The van der Waals surface area contributed by atoms with Gasteiger partial charge < -0.3 is 4.90 Å². The van der Waals surface area contributed by atoms with Crippen LogP contribution in [0.3, 0.4) is 0 Å². The molecule has 4 heterocycles. The zero-order valence-electron chi connectivity index (χ0n) is 15.8. The van der Waals surface area contributed by atoms with Gasteiger partial charge in [-0.25, -0.2) is 0 Å². The molecule has 138 valence electrons. The molecule has 0 bridgehead atoms. The van der Waals surface area contributed by atoms with Gasteiger partial charge in [-0.1, -0.05) is 12.1 Å². The summed E-state index contributed by atoms with van der Waals surface area (Å²) in [6.07, 6.45) is 6.96. The molecule has 4 rings (SSSR count). The van der Waals surface area contributed by atoms with Gasteiger partial charge in [0.25, 0.3) is 0 Å². The lowest BCUT2D eigenvalue weighted by molar-refractivity contribution is 0.196.